The van der Waals surface area contributed by atoms with E-state index in [-0.39, 0.29) is 12.2 Å². The maximum atomic E-state index is 12.6. The summed E-state index contributed by atoms with van der Waals surface area (Å²) in [5, 5.41) is 18.5. The summed E-state index contributed by atoms with van der Waals surface area (Å²) < 4.78 is 5.37. The van der Waals surface area contributed by atoms with E-state index in [0.29, 0.717) is 17.9 Å². The Bertz CT molecular complexity index is 741. The van der Waals surface area contributed by atoms with E-state index in [2.05, 4.69) is 0 Å². The van der Waals surface area contributed by atoms with Gasteiger partial charge in [0, 0.05) is 17.9 Å². The van der Waals surface area contributed by atoms with Crippen LogP contribution in [0.1, 0.15) is 35.2 Å². The van der Waals surface area contributed by atoms with Crippen LogP contribution >= 0.6 is 0 Å². The highest BCUT2D eigenvalue weighted by molar-refractivity contribution is 5.96. The monoisotopic (exact) mass is 318 g/mol. The standard InChI is InChI=1S/C20H18N2O2/c1-2-24-18-10-8-16(9-11-18)20(23)12-19(17(13-21)14-22)15-6-4-3-5-7-15/h3-11,17,19H,2,12H2,1H3. The number of ketones is 1. The molecule has 2 aromatic rings. The molecular weight excluding hydrogens is 300 g/mol. The number of rotatable bonds is 7. The second-order valence-corrected chi connectivity index (χ2v) is 5.34. The number of ether oxygens (including phenoxy) is 1. The molecule has 0 aliphatic rings. The van der Waals surface area contributed by atoms with E-state index in [1.807, 2.05) is 49.4 Å². The average Bonchev–Trinajstić information content (AvgIpc) is 2.63. The first-order valence-corrected chi connectivity index (χ1v) is 7.79. The van der Waals surface area contributed by atoms with Crippen LogP contribution in [0.15, 0.2) is 54.6 Å². The molecule has 0 spiro atoms. The zero-order chi connectivity index (χ0) is 17.4. The predicted molar refractivity (Wildman–Crippen MR) is 90.5 cm³/mol. The average molecular weight is 318 g/mol. The third kappa shape index (κ3) is 4.21. The number of carbonyl (C=O) groups is 1. The first-order valence-electron chi connectivity index (χ1n) is 7.79. The fraction of sp³-hybridized carbons (Fsp3) is 0.250. The van der Waals surface area contributed by atoms with Gasteiger partial charge in [0.05, 0.1) is 18.7 Å². The molecule has 0 saturated heterocycles. The summed E-state index contributed by atoms with van der Waals surface area (Å²) in [6.07, 6.45) is 0.115. The molecule has 1 atom stereocenters. The SMILES string of the molecule is CCOc1ccc(C(=O)CC(c2ccccc2)C(C#N)C#N)cc1. The highest BCUT2D eigenvalue weighted by Gasteiger charge is 2.26. The van der Waals surface area contributed by atoms with Crippen LogP contribution in [0.25, 0.3) is 0 Å². The summed E-state index contributed by atoms with van der Waals surface area (Å²) in [5.41, 5.74) is 1.37. The van der Waals surface area contributed by atoms with Gasteiger partial charge < -0.3 is 4.74 Å². The van der Waals surface area contributed by atoms with Crippen molar-refractivity contribution in [1.29, 1.82) is 10.5 Å². The molecule has 1 unspecified atom stereocenters. The number of hydrogen-bond acceptors (Lipinski definition) is 4. The number of hydrogen-bond donors (Lipinski definition) is 0. The summed E-state index contributed by atoms with van der Waals surface area (Å²) in [7, 11) is 0. The smallest absolute Gasteiger partial charge is 0.163 e. The minimum Gasteiger partial charge on any atom is -0.494 e. The molecule has 24 heavy (non-hydrogen) atoms. The summed E-state index contributed by atoms with van der Waals surface area (Å²) in [4.78, 5) is 12.6. The fourth-order valence-corrected chi connectivity index (χ4v) is 2.56. The van der Waals surface area contributed by atoms with Gasteiger partial charge in [0.2, 0.25) is 0 Å². The minimum atomic E-state index is -0.862. The van der Waals surface area contributed by atoms with Crippen LogP contribution in [0.2, 0.25) is 0 Å². The van der Waals surface area contributed by atoms with E-state index in [0.717, 1.165) is 5.56 Å². The molecule has 0 radical (unpaired) electrons. The lowest BCUT2D eigenvalue weighted by Crippen LogP contribution is -2.15. The summed E-state index contributed by atoms with van der Waals surface area (Å²) >= 11 is 0. The molecule has 0 aromatic heterocycles. The molecule has 120 valence electrons. The Morgan fingerprint density at radius 2 is 1.67 bits per heavy atom. The van der Waals surface area contributed by atoms with Gasteiger partial charge in [0.25, 0.3) is 0 Å². The van der Waals surface area contributed by atoms with E-state index in [9.17, 15) is 15.3 Å². The van der Waals surface area contributed by atoms with Gasteiger partial charge in [-0.15, -0.1) is 0 Å². The van der Waals surface area contributed by atoms with Crippen LogP contribution in [0.3, 0.4) is 0 Å². The number of benzene rings is 2. The zero-order valence-corrected chi connectivity index (χ0v) is 13.5. The molecule has 2 aromatic carbocycles. The normalized spacial score (nSPS) is 11.3. The van der Waals surface area contributed by atoms with Crippen molar-refractivity contribution in [3.63, 3.8) is 0 Å². The third-order valence-corrected chi connectivity index (χ3v) is 3.80. The van der Waals surface area contributed by atoms with Crippen molar-refractivity contribution < 1.29 is 9.53 Å². The number of Topliss-reactive ketones (excluding diaryl/α,β-unsaturated/α-hetero) is 1. The number of nitrogens with zero attached hydrogens (tertiary/aromatic N) is 2. The summed E-state index contributed by atoms with van der Waals surface area (Å²) in [6.45, 7) is 2.46. The fourth-order valence-electron chi connectivity index (χ4n) is 2.56. The van der Waals surface area contributed by atoms with Crippen LogP contribution in [0, 0.1) is 28.6 Å². The van der Waals surface area contributed by atoms with E-state index in [1.165, 1.54) is 0 Å². The Labute approximate surface area is 141 Å². The molecule has 4 nitrogen and oxygen atoms in total. The first kappa shape index (κ1) is 17.2. The molecule has 0 saturated carbocycles. The van der Waals surface area contributed by atoms with Crippen molar-refractivity contribution in [1.82, 2.24) is 0 Å². The number of carbonyl (C=O) groups excluding carboxylic acids is 1. The molecule has 2 rings (SSSR count). The predicted octanol–water partition coefficient (Wildman–Crippen LogP) is 4.11. The van der Waals surface area contributed by atoms with Crippen LogP contribution < -0.4 is 4.74 Å². The lowest BCUT2D eigenvalue weighted by atomic mass is 9.83. The molecule has 0 bridgehead atoms. The molecule has 0 fully saturated rings. The van der Waals surface area contributed by atoms with Crippen molar-refractivity contribution in [2.75, 3.05) is 6.61 Å². The van der Waals surface area contributed by atoms with Gasteiger partial charge in [-0.3, -0.25) is 4.79 Å². The minimum absolute atomic E-state index is 0.0950. The van der Waals surface area contributed by atoms with Gasteiger partial charge in [0.1, 0.15) is 11.7 Å². The Hall–Kier alpha value is -3.11. The van der Waals surface area contributed by atoms with Crippen LogP contribution in [-0.4, -0.2) is 12.4 Å². The van der Waals surface area contributed by atoms with Crippen molar-refractivity contribution in [3.05, 3.63) is 65.7 Å². The maximum absolute atomic E-state index is 12.6. The molecule has 4 heteroatoms. The van der Waals surface area contributed by atoms with E-state index in [1.54, 1.807) is 24.3 Å². The van der Waals surface area contributed by atoms with Gasteiger partial charge in [-0.2, -0.15) is 10.5 Å². The highest BCUT2D eigenvalue weighted by Crippen LogP contribution is 2.29. The summed E-state index contributed by atoms with van der Waals surface area (Å²) in [5.74, 6) is -0.692. The first-order chi connectivity index (χ1) is 11.7. The largest absolute Gasteiger partial charge is 0.494 e. The Balaban J connectivity index is 2.21. The Morgan fingerprint density at radius 1 is 1.04 bits per heavy atom. The van der Waals surface area contributed by atoms with Gasteiger partial charge in [0.15, 0.2) is 5.78 Å². The Kier molecular flexibility index (Phi) is 6.11. The van der Waals surface area contributed by atoms with Crippen LogP contribution in [-0.2, 0) is 0 Å². The van der Waals surface area contributed by atoms with E-state index >= 15 is 0 Å². The van der Waals surface area contributed by atoms with Crippen LogP contribution in [0.5, 0.6) is 5.75 Å². The third-order valence-electron chi connectivity index (χ3n) is 3.80. The molecule has 0 aliphatic carbocycles. The zero-order valence-electron chi connectivity index (χ0n) is 13.5. The van der Waals surface area contributed by atoms with E-state index in [4.69, 9.17) is 4.74 Å². The maximum Gasteiger partial charge on any atom is 0.163 e. The molecule has 0 N–H and O–H groups in total. The van der Waals surface area contributed by atoms with Gasteiger partial charge >= 0.3 is 0 Å². The Morgan fingerprint density at radius 3 is 2.21 bits per heavy atom. The summed E-state index contributed by atoms with van der Waals surface area (Å²) in [6, 6.07) is 20.2. The highest BCUT2D eigenvalue weighted by atomic mass is 16.5. The number of nitriles is 2. The van der Waals surface area contributed by atoms with Crippen molar-refractivity contribution in [2.45, 2.75) is 19.3 Å². The topological polar surface area (TPSA) is 73.9 Å². The quantitative estimate of drug-likeness (QED) is 0.720. The van der Waals surface area contributed by atoms with Crippen molar-refractivity contribution in [2.24, 2.45) is 5.92 Å². The molecule has 0 aliphatic heterocycles. The van der Waals surface area contributed by atoms with Crippen molar-refractivity contribution >= 4 is 5.78 Å². The molecular formula is C20H18N2O2. The van der Waals surface area contributed by atoms with Gasteiger partial charge in [-0.05, 0) is 36.8 Å². The van der Waals surface area contributed by atoms with E-state index < -0.39 is 11.8 Å². The van der Waals surface area contributed by atoms with Crippen LogP contribution in [0.4, 0.5) is 0 Å². The van der Waals surface area contributed by atoms with Crippen molar-refractivity contribution in [3.8, 4) is 17.9 Å². The lowest BCUT2D eigenvalue weighted by Gasteiger charge is -2.17. The lowest BCUT2D eigenvalue weighted by molar-refractivity contribution is 0.0971. The second kappa shape index (κ2) is 8.50. The molecule has 0 amide bonds. The van der Waals surface area contributed by atoms with Gasteiger partial charge in [-0.1, -0.05) is 30.3 Å². The second-order valence-electron chi connectivity index (χ2n) is 5.34. The molecule has 0 heterocycles. The van der Waals surface area contributed by atoms with Gasteiger partial charge in [-0.25, -0.2) is 0 Å².